The molecule has 0 aliphatic carbocycles. The Morgan fingerprint density at radius 3 is 2.67 bits per heavy atom. The van der Waals surface area contributed by atoms with Gasteiger partial charge in [0.15, 0.2) is 0 Å². The van der Waals surface area contributed by atoms with Crippen LogP contribution in [0.2, 0.25) is 0 Å². The summed E-state index contributed by atoms with van der Waals surface area (Å²) in [5, 5.41) is 14.9. The molecule has 0 spiro atoms. The summed E-state index contributed by atoms with van der Waals surface area (Å²) < 4.78 is 5.10. The fraction of sp³-hybridized carbons (Fsp3) is 0.0556. The number of aromatic nitrogens is 2. The number of ether oxygens (including phenoxy) is 1. The highest BCUT2D eigenvalue weighted by Gasteiger charge is 2.16. The number of rotatable bonds is 5. The third-order valence-electron chi connectivity index (χ3n) is 3.35. The quantitative estimate of drug-likeness (QED) is 0.401. The second-order valence-corrected chi connectivity index (χ2v) is 6.19. The second kappa shape index (κ2) is 8.68. The molecule has 0 unspecified atom stereocenters. The molecule has 0 radical (unpaired) electrons. The largest absolute Gasteiger partial charge is 0.497 e. The lowest BCUT2D eigenvalue weighted by Gasteiger charge is -2.01. The molecule has 1 heterocycles. The van der Waals surface area contributed by atoms with Gasteiger partial charge in [-0.2, -0.15) is 5.10 Å². The Morgan fingerprint density at radius 1 is 1.07 bits per heavy atom. The SMILES string of the molecule is COc1cccc(/C=N/NC(=O)C(=O)Nc2nnc(-c3ccccc3)s2)c1. The Hall–Kier alpha value is -3.59. The van der Waals surface area contributed by atoms with Crippen molar-refractivity contribution >= 4 is 34.5 Å². The first-order valence-electron chi connectivity index (χ1n) is 7.83. The molecule has 9 heteroatoms. The minimum Gasteiger partial charge on any atom is -0.497 e. The molecule has 2 N–H and O–H groups in total. The van der Waals surface area contributed by atoms with Gasteiger partial charge in [0.25, 0.3) is 0 Å². The number of anilines is 1. The smallest absolute Gasteiger partial charge is 0.329 e. The van der Waals surface area contributed by atoms with E-state index in [-0.39, 0.29) is 5.13 Å². The van der Waals surface area contributed by atoms with E-state index < -0.39 is 11.8 Å². The number of methoxy groups -OCH3 is 1. The average molecular weight is 381 g/mol. The van der Waals surface area contributed by atoms with Gasteiger partial charge in [0, 0.05) is 5.56 Å². The van der Waals surface area contributed by atoms with Crippen LogP contribution >= 0.6 is 11.3 Å². The van der Waals surface area contributed by atoms with Crippen molar-refractivity contribution in [2.45, 2.75) is 0 Å². The highest BCUT2D eigenvalue weighted by atomic mass is 32.1. The second-order valence-electron chi connectivity index (χ2n) is 5.21. The number of hydrogen-bond acceptors (Lipinski definition) is 7. The van der Waals surface area contributed by atoms with Gasteiger partial charge in [0.2, 0.25) is 5.13 Å². The number of carbonyl (C=O) groups excluding carboxylic acids is 2. The summed E-state index contributed by atoms with van der Waals surface area (Å²) in [6.07, 6.45) is 1.41. The summed E-state index contributed by atoms with van der Waals surface area (Å²) in [5.41, 5.74) is 3.75. The lowest BCUT2D eigenvalue weighted by atomic mass is 10.2. The van der Waals surface area contributed by atoms with E-state index in [1.807, 2.05) is 30.3 Å². The van der Waals surface area contributed by atoms with Crippen molar-refractivity contribution in [1.82, 2.24) is 15.6 Å². The predicted octanol–water partition coefficient (Wildman–Crippen LogP) is 2.30. The summed E-state index contributed by atoms with van der Waals surface area (Å²) in [6, 6.07) is 16.5. The predicted molar refractivity (Wildman–Crippen MR) is 103 cm³/mol. The number of hydrazone groups is 1. The van der Waals surface area contributed by atoms with Crippen LogP contribution in [0, 0.1) is 0 Å². The zero-order valence-corrected chi connectivity index (χ0v) is 15.1. The molecule has 0 saturated heterocycles. The van der Waals surface area contributed by atoms with Crippen LogP contribution < -0.4 is 15.5 Å². The summed E-state index contributed by atoms with van der Waals surface area (Å²) >= 11 is 1.17. The standard InChI is InChI=1S/C18H15N5O3S/c1-26-14-9-5-6-12(10-14)11-19-21-16(25)15(24)20-18-23-22-17(27-18)13-7-3-2-4-8-13/h2-11H,1H3,(H,21,25)(H,20,23,24)/b19-11+. The molecule has 0 saturated carbocycles. The summed E-state index contributed by atoms with van der Waals surface area (Å²) in [7, 11) is 1.55. The molecule has 0 fully saturated rings. The number of nitrogens with zero attached hydrogens (tertiary/aromatic N) is 3. The molecule has 3 rings (SSSR count). The van der Waals surface area contributed by atoms with Crippen LogP contribution in [0.3, 0.4) is 0 Å². The number of hydrogen-bond donors (Lipinski definition) is 2. The van der Waals surface area contributed by atoms with Crippen molar-refractivity contribution < 1.29 is 14.3 Å². The van der Waals surface area contributed by atoms with E-state index in [4.69, 9.17) is 4.74 Å². The molecular formula is C18H15N5O3S. The summed E-state index contributed by atoms with van der Waals surface area (Å²) in [5.74, 6) is -1.13. The molecule has 0 bridgehead atoms. The molecule has 1 aromatic heterocycles. The number of carbonyl (C=O) groups is 2. The van der Waals surface area contributed by atoms with Gasteiger partial charge < -0.3 is 4.74 Å². The lowest BCUT2D eigenvalue weighted by molar-refractivity contribution is -0.136. The van der Waals surface area contributed by atoms with Gasteiger partial charge in [-0.05, 0) is 17.7 Å². The van der Waals surface area contributed by atoms with Crippen LogP contribution in [-0.4, -0.2) is 35.3 Å². The van der Waals surface area contributed by atoms with Crippen molar-refractivity contribution in [3.63, 3.8) is 0 Å². The molecule has 136 valence electrons. The van der Waals surface area contributed by atoms with Crippen LogP contribution in [-0.2, 0) is 9.59 Å². The fourth-order valence-electron chi connectivity index (χ4n) is 2.06. The molecule has 27 heavy (non-hydrogen) atoms. The Labute approximate surface area is 158 Å². The topological polar surface area (TPSA) is 106 Å². The van der Waals surface area contributed by atoms with E-state index in [0.717, 1.165) is 5.56 Å². The molecule has 0 aliphatic heterocycles. The Morgan fingerprint density at radius 2 is 1.89 bits per heavy atom. The zero-order chi connectivity index (χ0) is 19.1. The average Bonchev–Trinajstić information content (AvgIpc) is 3.17. The monoisotopic (exact) mass is 381 g/mol. The van der Waals surface area contributed by atoms with E-state index in [0.29, 0.717) is 16.3 Å². The third-order valence-corrected chi connectivity index (χ3v) is 4.23. The van der Waals surface area contributed by atoms with Crippen molar-refractivity contribution in [3.8, 4) is 16.3 Å². The van der Waals surface area contributed by atoms with Gasteiger partial charge in [0.05, 0.1) is 13.3 Å². The van der Waals surface area contributed by atoms with Crippen LogP contribution in [0.4, 0.5) is 5.13 Å². The fourth-order valence-corrected chi connectivity index (χ4v) is 2.81. The zero-order valence-electron chi connectivity index (χ0n) is 14.2. The Balaban J connectivity index is 1.55. The molecule has 8 nitrogen and oxygen atoms in total. The van der Waals surface area contributed by atoms with Gasteiger partial charge in [-0.15, -0.1) is 10.2 Å². The van der Waals surface area contributed by atoms with Crippen LogP contribution in [0.25, 0.3) is 10.6 Å². The molecule has 0 aliphatic rings. The normalized spacial score (nSPS) is 10.6. The van der Waals surface area contributed by atoms with Crippen LogP contribution in [0.5, 0.6) is 5.75 Å². The van der Waals surface area contributed by atoms with Crippen LogP contribution in [0.15, 0.2) is 59.7 Å². The van der Waals surface area contributed by atoms with Crippen molar-refractivity contribution in [3.05, 3.63) is 60.2 Å². The number of benzene rings is 2. The minimum absolute atomic E-state index is 0.228. The van der Waals surface area contributed by atoms with E-state index in [9.17, 15) is 9.59 Å². The highest BCUT2D eigenvalue weighted by molar-refractivity contribution is 7.18. The maximum Gasteiger partial charge on any atom is 0.329 e. The minimum atomic E-state index is -0.911. The molecule has 0 atom stereocenters. The first-order valence-corrected chi connectivity index (χ1v) is 8.65. The van der Waals surface area contributed by atoms with Gasteiger partial charge in [0.1, 0.15) is 10.8 Å². The first kappa shape index (κ1) is 18.2. The molecular weight excluding hydrogens is 366 g/mol. The van der Waals surface area contributed by atoms with Gasteiger partial charge >= 0.3 is 11.8 Å². The maximum atomic E-state index is 11.9. The first-order chi connectivity index (χ1) is 13.2. The van der Waals surface area contributed by atoms with Gasteiger partial charge in [-0.3, -0.25) is 14.9 Å². The van der Waals surface area contributed by atoms with Gasteiger partial charge in [-0.25, -0.2) is 5.43 Å². The Bertz CT molecular complexity index is 972. The lowest BCUT2D eigenvalue weighted by Crippen LogP contribution is -2.32. The van der Waals surface area contributed by atoms with E-state index >= 15 is 0 Å². The number of amides is 2. The third kappa shape index (κ3) is 4.95. The van der Waals surface area contributed by atoms with Gasteiger partial charge in [-0.1, -0.05) is 53.8 Å². The molecule has 2 amide bonds. The van der Waals surface area contributed by atoms with E-state index in [1.165, 1.54) is 17.6 Å². The maximum absolute atomic E-state index is 11.9. The molecule has 2 aromatic carbocycles. The highest BCUT2D eigenvalue weighted by Crippen LogP contribution is 2.25. The van der Waals surface area contributed by atoms with E-state index in [1.54, 1.807) is 31.4 Å². The summed E-state index contributed by atoms with van der Waals surface area (Å²) in [6.45, 7) is 0. The Kier molecular flexibility index (Phi) is 5.85. The van der Waals surface area contributed by atoms with Crippen molar-refractivity contribution in [2.75, 3.05) is 12.4 Å². The molecule has 3 aromatic rings. The van der Waals surface area contributed by atoms with Crippen molar-refractivity contribution in [1.29, 1.82) is 0 Å². The summed E-state index contributed by atoms with van der Waals surface area (Å²) in [4.78, 5) is 23.8. The van der Waals surface area contributed by atoms with E-state index in [2.05, 4.69) is 26.0 Å². The number of nitrogens with one attached hydrogen (secondary N) is 2. The van der Waals surface area contributed by atoms with Crippen LogP contribution in [0.1, 0.15) is 5.56 Å². The van der Waals surface area contributed by atoms with Crippen molar-refractivity contribution in [2.24, 2.45) is 5.10 Å².